The molecule has 0 bridgehead atoms. The van der Waals surface area contributed by atoms with Crippen LogP contribution in [0.1, 0.15) is 23.2 Å². The number of amides is 1. The zero-order valence-electron chi connectivity index (χ0n) is 9.70. The number of carbonyl (C=O) groups is 1. The van der Waals surface area contributed by atoms with Gasteiger partial charge in [-0.1, -0.05) is 5.16 Å². The van der Waals surface area contributed by atoms with Crippen LogP contribution in [0.2, 0.25) is 0 Å². The Balaban J connectivity index is 2.10. The van der Waals surface area contributed by atoms with E-state index in [0.29, 0.717) is 37.2 Å². The van der Waals surface area contributed by atoms with Gasteiger partial charge >= 0.3 is 0 Å². The van der Waals surface area contributed by atoms with Crippen molar-refractivity contribution in [3.8, 4) is 11.5 Å². The average Bonchev–Trinajstić information content (AvgIpc) is 2.41. The van der Waals surface area contributed by atoms with Crippen molar-refractivity contribution < 1.29 is 20.2 Å². The zero-order chi connectivity index (χ0) is 13.1. The van der Waals surface area contributed by atoms with Crippen molar-refractivity contribution in [3.05, 3.63) is 23.8 Å². The molecule has 6 heteroatoms. The van der Waals surface area contributed by atoms with Crippen molar-refractivity contribution in [1.29, 1.82) is 0 Å². The summed E-state index contributed by atoms with van der Waals surface area (Å²) in [6, 6.07) is 3.99. The maximum absolute atomic E-state index is 12.1. The Morgan fingerprint density at radius 3 is 2.39 bits per heavy atom. The molecule has 1 aromatic carbocycles. The van der Waals surface area contributed by atoms with Gasteiger partial charge in [0.1, 0.15) is 0 Å². The minimum atomic E-state index is -0.310. The van der Waals surface area contributed by atoms with Crippen molar-refractivity contribution in [2.75, 3.05) is 13.1 Å². The molecule has 0 aliphatic carbocycles. The van der Waals surface area contributed by atoms with Crippen LogP contribution in [-0.4, -0.2) is 45.0 Å². The number of hydrogen-bond acceptors (Lipinski definition) is 5. The van der Waals surface area contributed by atoms with E-state index in [1.54, 1.807) is 4.90 Å². The van der Waals surface area contributed by atoms with Gasteiger partial charge in [0.2, 0.25) is 0 Å². The third kappa shape index (κ3) is 2.37. The Hall–Kier alpha value is -2.24. The molecule has 0 radical (unpaired) electrons. The maximum Gasteiger partial charge on any atom is 0.254 e. The number of carbonyl (C=O) groups excluding carboxylic acids is 1. The van der Waals surface area contributed by atoms with Crippen LogP contribution in [0, 0.1) is 0 Å². The molecule has 1 fully saturated rings. The normalized spacial score (nSPS) is 15.6. The summed E-state index contributed by atoms with van der Waals surface area (Å²) in [6.07, 6.45) is 1.10. The lowest BCUT2D eigenvalue weighted by Crippen LogP contribution is -2.38. The average molecular weight is 250 g/mol. The Labute approximate surface area is 104 Å². The first kappa shape index (κ1) is 12.2. The number of benzene rings is 1. The molecule has 0 saturated carbocycles. The summed E-state index contributed by atoms with van der Waals surface area (Å²) in [5.74, 6) is -0.766. The molecule has 0 unspecified atom stereocenters. The van der Waals surface area contributed by atoms with Gasteiger partial charge in [0.15, 0.2) is 11.5 Å². The first-order valence-corrected chi connectivity index (χ1v) is 5.63. The monoisotopic (exact) mass is 250 g/mol. The van der Waals surface area contributed by atoms with Crippen LogP contribution in [0.25, 0.3) is 0 Å². The summed E-state index contributed by atoms with van der Waals surface area (Å²) in [7, 11) is 0. The number of oxime groups is 1. The van der Waals surface area contributed by atoms with Crippen LogP contribution in [0.15, 0.2) is 23.4 Å². The summed E-state index contributed by atoms with van der Waals surface area (Å²) in [5.41, 5.74) is 1.02. The second kappa shape index (κ2) is 4.95. The minimum absolute atomic E-state index is 0.206. The van der Waals surface area contributed by atoms with Gasteiger partial charge < -0.3 is 20.3 Å². The topological polar surface area (TPSA) is 93.4 Å². The van der Waals surface area contributed by atoms with Gasteiger partial charge in [-0.3, -0.25) is 4.79 Å². The van der Waals surface area contributed by atoms with Crippen molar-refractivity contribution in [1.82, 2.24) is 4.90 Å². The highest BCUT2D eigenvalue weighted by molar-refractivity contribution is 5.96. The van der Waals surface area contributed by atoms with E-state index in [-0.39, 0.29) is 17.4 Å². The van der Waals surface area contributed by atoms with Gasteiger partial charge in [-0.15, -0.1) is 0 Å². The van der Waals surface area contributed by atoms with E-state index in [1.807, 2.05) is 0 Å². The van der Waals surface area contributed by atoms with Gasteiger partial charge in [0, 0.05) is 31.5 Å². The van der Waals surface area contributed by atoms with Gasteiger partial charge in [-0.25, -0.2) is 0 Å². The second-order valence-electron chi connectivity index (χ2n) is 4.16. The van der Waals surface area contributed by atoms with E-state index >= 15 is 0 Å². The molecule has 1 aromatic rings. The van der Waals surface area contributed by atoms with E-state index in [9.17, 15) is 15.0 Å². The second-order valence-corrected chi connectivity index (χ2v) is 4.16. The number of phenolic OH excluding ortho intramolecular Hbond substituents is 2. The Morgan fingerprint density at radius 2 is 1.83 bits per heavy atom. The van der Waals surface area contributed by atoms with Crippen LogP contribution in [0.4, 0.5) is 0 Å². The molecule has 1 aliphatic heterocycles. The lowest BCUT2D eigenvalue weighted by molar-refractivity contribution is 0.0753. The third-order valence-corrected chi connectivity index (χ3v) is 2.99. The van der Waals surface area contributed by atoms with Crippen LogP contribution in [0.3, 0.4) is 0 Å². The highest BCUT2D eigenvalue weighted by Gasteiger charge is 2.21. The fourth-order valence-electron chi connectivity index (χ4n) is 1.91. The molecule has 3 N–H and O–H groups in total. The van der Waals surface area contributed by atoms with Crippen molar-refractivity contribution in [2.24, 2.45) is 5.16 Å². The van der Waals surface area contributed by atoms with Crippen molar-refractivity contribution in [3.63, 3.8) is 0 Å². The molecule has 6 nitrogen and oxygen atoms in total. The molecular weight excluding hydrogens is 236 g/mol. The number of nitrogens with zero attached hydrogens (tertiary/aromatic N) is 2. The predicted octanol–water partition coefficient (Wildman–Crippen LogP) is 1.16. The Kier molecular flexibility index (Phi) is 3.36. The molecule has 96 valence electrons. The van der Waals surface area contributed by atoms with Gasteiger partial charge in [-0.2, -0.15) is 0 Å². The number of likely N-dealkylation sites (tertiary alicyclic amines) is 1. The first-order chi connectivity index (χ1) is 8.61. The molecule has 18 heavy (non-hydrogen) atoms. The van der Waals surface area contributed by atoms with E-state index < -0.39 is 0 Å². The number of hydrogen-bond donors (Lipinski definition) is 3. The summed E-state index contributed by atoms with van der Waals surface area (Å²) in [5, 5.41) is 30.3. The summed E-state index contributed by atoms with van der Waals surface area (Å²) >= 11 is 0. The molecule has 1 aliphatic rings. The van der Waals surface area contributed by atoms with E-state index in [2.05, 4.69) is 5.16 Å². The number of piperidine rings is 1. The minimum Gasteiger partial charge on any atom is -0.504 e. The van der Waals surface area contributed by atoms with Crippen molar-refractivity contribution >= 4 is 11.6 Å². The SMILES string of the molecule is O=C(c1ccc(O)c(O)c1)N1CCC(=NO)CC1. The summed E-state index contributed by atoms with van der Waals surface area (Å²) in [4.78, 5) is 13.7. The third-order valence-electron chi connectivity index (χ3n) is 2.99. The molecule has 0 atom stereocenters. The zero-order valence-corrected chi connectivity index (χ0v) is 9.70. The standard InChI is InChI=1S/C12H14N2O4/c15-10-2-1-8(7-11(10)16)12(17)14-5-3-9(13-18)4-6-14/h1-2,7,15-16,18H,3-6H2. The van der Waals surface area contributed by atoms with Gasteiger partial charge in [0.25, 0.3) is 5.91 Å². The smallest absolute Gasteiger partial charge is 0.254 e. The number of rotatable bonds is 1. The summed E-state index contributed by atoms with van der Waals surface area (Å²) in [6.45, 7) is 0.972. The molecule has 1 saturated heterocycles. The molecule has 1 amide bonds. The first-order valence-electron chi connectivity index (χ1n) is 5.63. The van der Waals surface area contributed by atoms with Gasteiger partial charge in [0.05, 0.1) is 5.71 Å². The quantitative estimate of drug-likeness (QED) is 0.396. The van der Waals surface area contributed by atoms with Gasteiger partial charge in [-0.05, 0) is 18.2 Å². The Bertz CT molecular complexity index is 489. The fourth-order valence-corrected chi connectivity index (χ4v) is 1.91. The largest absolute Gasteiger partial charge is 0.504 e. The predicted molar refractivity (Wildman–Crippen MR) is 64.1 cm³/mol. The molecule has 1 heterocycles. The van der Waals surface area contributed by atoms with Crippen LogP contribution in [0.5, 0.6) is 11.5 Å². The summed E-state index contributed by atoms with van der Waals surface area (Å²) < 4.78 is 0. The fraction of sp³-hybridized carbons (Fsp3) is 0.333. The van der Waals surface area contributed by atoms with Crippen LogP contribution >= 0.6 is 0 Å². The van der Waals surface area contributed by atoms with Crippen LogP contribution in [-0.2, 0) is 0 Å². The molecule has 0 aromatic heterocycles. The van der Waals surface area contributed by atoms with Crippen LogP contribution < -0.4 is 0 Å². The Morgan fingerprint density at radius 1 is 1.17 bits per heavy atom. The lowest BCUT2D eigenvalue weighted by Gasteiger charge is -2.27. The van der Waals surface area contributed by atoms with Crippen molar-refractivity contribution in [2.45, 2.75) is 12.8 Å². The molecule has 2 rings (SSSR count). The van der Waals surface area contributed by atoms with E-state index in [1.165, 1.54) is 18.2 Å². The van der Waals surface area contributed by atoms with E-state index in [4.69, 9.17) is 5.21 Å². The highest BCUT2D eigenvalue weighted by Crippen LogP contribution is 2.25. The highest BCUT2D eigenvalue weighted by atomic mass is 16.4. The van der Waals surface area contributed by atoms with E-state index in [0.717, 1.165) is 0 Å². The molecular formula is C12H14N2O4. The molecule has 0 spiro atoms. The number of aromatic hydroxyl groups is 2. The number of phenols is 2. The lowest BCUT2D eigenvalue weighted by atomic mass is 10.1. The maximum atomic E-state index is 12.1.